The molecule has 0 amide bonds. The molecule has 0 aliphatic rings. The van der Waals surface area contributed by atoms with Gasteiger partial charge >= 0.3 is 0 Å². The summed E-state index contributed by atoms with van der Waals surface area (Å²) in [6.45, 7) is 0. The number of rotatable bonds is 1. The number of H-pyrrole nitrogens is 1. The molecular formula is C12H8IN3S. The first-order valence-corrected chi connectivity index (χ1v) is 6.56. The summed E-state index contributed by atoms with van der Waals surface area (Å²) in [6.07, 6.45) is 1.77. The van der Waals surface area contributed by atoms with E-state index in [-0.39, 0.29) is 0 Å². The SMILES string of the molecule is S=c1[nH]c2cccnc2n1-c1cccc(I)c1. The summed E-state index contributed by atoms with van der Waals surface area (Å²) in [4.78, 5) is 7.53. The Morgan fingerprint density at radius 1 is 1.24 bits per heavy atom. The Balaban J connectivity index is 2.37. The molecule has 3 rings (SSSR count). The van der Waals surface area contributed by atoms with Crippen molar-refractivity contribution in [3.8, 4) is 5.69 Å². The van der Waals surface area contributed by atoms with Crippen molar-refractivity contribution in [2.45, 2.75) is 0 Å². The van der Waals surface area contributed by atoms with Crippen LogP contribution < -0.4 is 0 Å². The van der Waals surface area contributed by atoms with E-state index in [4.69, 9.17) is 12.2 Å². The highest BCUT2D eigenvalue weighted by Crippen LogP contribution is 2.18. The van der Waals surface area contributed by atoms with Gasteiger partial charge in [0.05, 0.1) is 11.2 Å². The molecule has 0 spiro atoms. The minimum Gasteiger partial charge on any atom is -0.329 e. The van der Waals surface area contributed by atoms with Crippen molar-refractivity contribution >= 4 is 46.0 Å². The number of aromatic amines is 1. The molecular weight excluding hydrogens is 345 g/mol. The molecule has 0 atom stereocenters. The Labute approximate surface area is 117 Å². The predicted octanol–water partition coefficient (Wildman–Crippen LogP) is 3.69. The van der Waals surface area contributed by atoms with Crippen LogP contribution in [0.3, 0.4) is 0 Å². The van der Waals surface area contributed by atoms with Crippen molar-refractivity contribution < 1.29 is 0 Å². The topological polar surface area (TPSA) is 33.6 Å². The zero-order valence-corrected chi connectivity index (χ0v) is 11.7. The molecule has 17 heavy (non-hydrogen) atoms. The first-order chi connectivity index (χ1) is 8.25. The van der Waals surface area contributed by atoms with Gasteiger partial charge in [0.2, 0.25) is 0 Å². The van der Waals surface area contributed by atoms with E-state index in [1.54, 1.807) is 6.20 Å². The molecule has 1 aromatic carbocycles. The Morgan fingerprint density at radius 3 is 2.94 bits per heavy atom. The third-order valence-corrected chi connectivity index (χ3v) is 3.47. The molecule has 2 aromatic heterocycles. The van der Waals surface area contributed by atoms with Gasteiger partial charge in [-0.2, -0.15) is 0 Å². The van der Waals surface area contributed by atoms with Gasteiger partial charge in [-0.1, -0.05) is 6.07 Å². The zero-order chi connectivity index (χ0) is 11.8. The number of benzene rings is 1. The van der Waals surface area contributed by atoms with E-state index in [2.05, 4.69) is 44.7 Å². The minimum absolute atomic E-state index is 0.667. The second kappa shape index (κ2) is 4.23. The summed E-state index contributed by atoms with van der Waals surface area (Å²) in [6, 6.07) is 12.0. The molecule has 0 saturated heterocycles. The number of aromatic nitrogens is 3. The molecule has 0 unspecified atom stereocenters. The summed E-state index contributed by atoms with van der Waals surface area (Å²) in [7, 11) is 0. The maximum absolute atomic E-state index is 5.34. The standard InChI is InChI=1S/C12H8IN3S/c13-8-3-1-4-9(7-8)16-11-10(15-12(16)17)5-2-6-14-11/h1-7H,(H,15,17). The van der Waals surface area contributed by atoms with Crippen molar-refractivity contribution in [1.29, 1.82) is 0 Å². The van der Waals surface area contributed by atoms with E-state index >= 15 is 0 Å². The van der Waals surface area contributed by atoms with Crippen molar-refractivity contribution in [1.82, 2.24) is 14.5 Å². The van der Waals surface area contributed by atoms with E-state index < -0.39 is 0 Å². The first-order valence-electron chi connectivity index (χ1n) is 5.07. The molecule has 0 bridgehead atoms. The van der Waals surface area contributed by atoms with Gasteiger partial charge in [-0.15, -0.1) is 0 Å². The van der Waals surface area contributed by atoms with Crippen LogP contribution in [0.5, 0.6) is 0 Å². The number of hydrogen-bond acceptors (Lipinski definition) is 2. The second-order valence-corrected chi connectivity index (χ2v) is 5.25. The number of nitrogens with zero attached hydrogens (tertiary/aromatic N) is 2. The van der Waals surface area contributed by atoms with Gasteiger partial charge in [-0.25, -0.2) is 4.98 Å². The van der Waals surface area contributed by atoms with E-state index in [1.165, 1.54) is 3.57 Å². The number of hydrogen-bond donors (Lipinski definition) is 1. The lowest BCUT2D eigenvalue weighted by atomic mass is 10.3. The van der Waals surface area contributed by atoms with Crippen molar-refractivity contribution in [2.24, 2.45) is 0 Å². The van der Waals surface area contributed by atoms with Gasteiger partial charge in [-0.05, 0) is 65.1 Å². The molecule has 0 radical (unpaired) electrons. The summed E-state index contributed by atoms with van der Waals surface area (Å²) in [5.74, 6) is 0. The van der Waals surface area contributed by atoms with Gasteiger partial charge in [0.25, 0.3) is 0 Å². The van der Waals surface area contributed by atoms with Gasteiger partial charge in [0, 0.05) is 9.77 Å². The normalized spacial score (nSPS) is 10.9. The number of imidazole rings is 1. The lowest BCUT2D eigenvalue weighted by Gasteiger charge is -2.03. The Morgan fingerprint density at radius 2 is 2.12 bits per heavy atom. The summed E-state index contributed by atoms with van der Waals surface area (Å²) >= 11 is 7.63. The van der Waals surface area contributed by atoms with E-state index in [1.807, 2.05) is 28.8 Å². The summed E-state index contributed by atoms with van der Waals surface area (Å²) in [5.41, 5.74) is 2.85. The summed E-state index contributed by atoms with van der Waals surface area (Å²) < 4.78 is 3.79. The highest BCUT2D eigenvalue weighted by Gasteiger charge is 2.06. The van der Waals surface area contributed by atoms with Crippen LogP contribution in [0.25, 0.3) is 16.9 Å². The molecule has 2 heterocycles. The van der Waals surface area contributed by atoms with Crippen LogP contribution in [0.15, 0.2) is 42.6 Å². The second-order valence-electron chi connectivity index (χ2n) is 3.62. The highest BCUT2D eigenvalue weighted by molar-refractivity contribution is 14.1. The van der Waals surface area contributed by atoms with Crippen LogP contribution in [0.1, 0.15) is 0 Å². The molecule has 0 aliphatic heterocycles. The van der Waals surface area contributed by atoms with Crippen LogP contribution in [-0.4, -0.2) is 14.5 Å². The van der Waals surface area contributed by atoms with Crippen LogP contribution in [0.2, 0.25) is 0 Å². The fraction of sp³-hybridized carbons (Fsp3) is 0. The highest BCUT2D eigenvalue weighted by atomic mass is 127. The van der Waals surface area contributed by atoms with E-state index in [9.17, 15) is 0 Å². The zero-order valence-electron chi connectivity index (χ0n) is 8.72. The molecule has 84 valence electrons. The number of fused-ring (bicyclic) bond motifs is 1. The molecule has 1 N–H and O–H groups in total. The fourth-order valence-corrected chi connectivity index (χ4v) is 2.62. The average molecular weight is 353 g/mol. The number of pyridine rings is 1. The molecule has 0 fully saturated rings. The summed E-state index contributed by atoms with van der Waals surface area (Å²) in [5, 5.41) is 0. The minimum atomic E-state index is 0.667. The van der Waals surface area contributed by atoms with E-state index in [0.29, 0.717) is 4.77 Å². The maximum atomic E-state index is 5.34. The molecule has 0 saturated carbocycles. The largest absolute Gasteiger partial charge is 0.329 e. The van der Waals surface area contributed by atoms with Crippen LogP contribution in [-0.2, 0) is 0 Å². The molecule has 0 aliphatic carbocycles. The average Bonchev–Trinajstić information content (AvgIpc) is 2.64. The van der Waals surface area contributed by atoms with Crippen molar-refractivity contribution in [2.75, 3.05) is 0 Å². The lowest BCUT2D eigenvalue weighted by molar-refractivity contribution is 1.04. The molecule has 3 aromatic rings. The third-order valence-electron chi connectivity index (χ3n) is 2.51. The van der Waals surface area contributed by atoms with Crippen LogP contribution in [0.4, 0.5) is 0 Å². The van der Waals surface area contributed by atoms with Gasteiger partial charge < -0.3 is 4.98 Å². The lowest BCUT2D eigenvalue weighted by Crippen LogP contribution is -1.95. The van der Waals surface area contributed by atoms with Crippen molar-refractivity contribution in [3.63, 3.8) is 0 Å². The third kappa shape index (κ3) is 1.89. The number of halogens is 1. The number of nitrogens with one attached hydrogen (secondary N) is 1. The smallest absolute Gasteiger partial charge is 0.183 e. The molecule has 5 heteroatoms. The fourth-order valence-electron chi connectivity index (χ4n) is 1.79. The Bertz CT molecular complexity index is 745. The monoisotopic (exact) mass is 353 g/mol. The Kier molecular flexibility index (Phi) is 2.71. The maximum Gasteiger partial charge on any atom is 0.183 e. The van der Waals surface area contributed by atoms with Gasteiger partial charge in [0.15, 0.2) is 10.4 Å². The quantitative estimate of drug-likeness (QED) is 0.535. The first kappa shape index (κ1) is 10.9. The Hall–Kier alpha value is -1.21. The predicted molar refractivity (Wildman–Crippen MR) is 79.0 cm³/mol. The van der Waals surface area contributed by atoms with Crippen LogP contribution >= 0.6 is 34.8 Å². The van der Waals surface area contributed by atoms with Gasteiger partial charge in [-0.3, -0.25) is 4.57 Å². The van der Waals surface area contributed by atoms with Gasteiger partial charge in [0.1, 0.15) is 0 Å². The van der Waals surface area contributed by atoms with Crippen molar-refractivity contribution in [3.05, 3.63) is 50.9 Å². The van der Waals surface area contributed by atoms with E-state index in [0.717, 1.165) is 16.9 Å². The molecule has 3 nitrogen and oxygen atoms in total. The van der Waals surface area contributed by atoms with Crippen LogP contribution in [0, 0.1) is 8.34 Å².